The summed E-state index contributed by atoms with van der Waals surface area (Å²) < 4.78 is 18.4. The first-order chi connectivity index (χ1) is 9.56. The van der Waals surface area contributed by atoms with Crippen LogP contribution in [0.4, 0.5) is 4.39 Å². The number of aliphatic hydroxyl groups is 1. The van der Waals surface area contributed by atoms with E-state index in [1.165, 1.54) is 18.2 Å². The van der Waals surface area contributed by atoms with Crippen LogP contribution in [0.15, 0.2) is 24.3 Å². The summed E-state index contributed by atoms with van der Waals surface area (Å²) in [6.07, 6.45) is 0.860. The molecule has 5 heteroatoms. The maximum atomic E-state index is 13.0. The predicted molar refractivity (Wildman–Crippen MR) is 75.0 cm³/mol. The summed E-state index contributed by atoms with van der Waals surface area (Å²) in [6, 6.07) is 5.69. The van der Waals surface area contributed by atoms with Gasteiger partial charge in [0, 0.05) is 19.2 Å². The standard InChI is InChI=1S/C15H22FNO3/c1-3-12(7-8-18)10-17-15(19)11(2)20-14-6-4-5-13(16)9-14/h4-6,9,11-12,18H,3,7-8,10H2,1-2H3,(H,17,19). The molecule has 20 heavy (non-hydrogen) atoms. The molecule has 0 aromatic heterocycles. The largest absolute Gasteiger partial charge is 0.481 e. The van der Waals surface area contributed by atoms with Crippen molar-refractivity contribution >= 4 is 5.91 Å². The highest BCUT2D eigenvalue weighted by atomic mass is 19.1. The third kappa shape index (κ3) is 5.57. The Morgan fingerprint density at radius 2 is 2.25 bits per heavy atom. The summed E-state index contributed by atoms with van der Waals surface area (Å²) >= 11 is 0. The van der Waals surface area contributed by atoms with Crippen molar-refractivity contribution < 1.29 is 19.0 Å². The zero-order valence-electron chi connectivity index (χ0n) is 11.9. The lowest BCUT2D eigenvalue weighted by atomic mass is 10.0. The molecule has 1 aromatic rings. The third-order valence-corrected chi connectivity index (χ3v) is 3.16. The lowest BCUT2D eigenvalue weighted by molar-refractivity contribution is -0.127. The van der Waals surface area contributed by atoms with Crippen LogP contribution in [-0.2, 0) is 4.79 Å². The van der Waals surface area contributed by atoms with E-state index >= 15 is 0 Å². The highest BCUT2D eigenvalue weighted by Crippen LogP contribution is 2.14. The van der Waals surface area contributed by atoms with Crippen molar-refractivity contribution in [1.29, 1.82) is 0 Å². The first-order valence-corrected chi connectivity index (χ1v) is 6.87. The molecular weight excluding hydrogens is 261 g/mol. The lowest BCUT2D eigenvalue weighted by Gasteiger charge is -2.18. The van der Waals surface area contributed by atoms with Crippen molar-refractivity contribution in [2.24, 2.45) is 5.92 Å². The van der Waals surface area contributed by atoms with Gasteiger partial charge < -0.3 is 15.2 Å². The molecule has 0 bridgehead atoms. The molecule has 4 nitrogen and oxygen atoms in total. The molecular formula is C15H22FNO3. The van der Waals surface area contributed by atoms with Crippen molar-refractivity contribution in [3.8, 4) is 5.75 Å². The molecule has 0 aliphatic rings. The van der Waals surface area contributed by atoms with Gasteiger partial charge in [-0.2, -0.15) is 0 Å². The van der Waals surface area contributed by atoms with E-state index in [1.807, 2.05) is 6.92 Å². The van der Waals surface area contributed by atoms with Gasteiger partial charge in [-0.25, -0.2) is 4.39 Å². The summed E-state index contributed by atoms with van der Waals surface area (Å²) in [5.41, 5.74) is 0. The van der Waals surface area contributed by atoms with Crippen molar-refractivity contribution in [2.75, 3.05) is 13.2 Å². The van der Waals surface area contributed by atoms with E-state index in [9.17, 15) is 9.18 Å². The fourth-order valence-electron chi connectivity index (χ4n) is 1.82. The summed E-state index contributed by atoms with van der Waals surface area (Å²) in [6.45, 7) is 4.25. The topological polar surface area (TPSA) is 58.6 Å². The Morgan fingerprint density at radius 1 is 1.50 bits per heavy atom. The molecule has 0 aliphatic carbocycles. The molecule has 0 aliphatic heterocycles. The van der Waals surface area contributed by atoms with Crippen LogP contribution >= 0.6 is 0 Å². The van der Waals surface area contributed by atoms with E-state index in [4.69, 9.17) is 9.84 Å². The van der Waals surface area contributed by atoms with Gasteiger partial charge in [-0.1, -0.05) is 19.4 Å². The Balaban J connectivity index is 2.42. The normalized spacial score (nSPS) is 13.6. The van der Waals surface area contributed by atoms with Gasteiger partial charge in [-0.15, -0.1) is 0 Å². The van der Waals surface area contributed by atoms with Gasteiger partial charge >= 0.3 is 0 Å². The zero-order valence-corrected chi connectivity index (χ0v) is 11.9. The second-order valence-electron chi connectivity index (χ2n) is 4.75. The SMILES string of the molecule is CCC(CCO)CNC(=O)C(C)Oc1cccc(F)c1. The van der Waals surface area contributed by atoms with Crippen LogP contribution in [0.25, 0.3) is 0 Å². The molecule has 0 spiro atoms. The number of ether oxygens (including phenoxy) is 1. The van der Waals surface area contributed by atoms with Crippen molar-refractivity contribution in [1.82, 2.24) is 5.32 Å². The van der Waals surface area contributed by atoms with Gasteiger partial charge in [0.05, 0.1) is 0 Å². The molecule has 1 amide bonds. The van der Waals surface area contributed by atoms with E-state index in [0.29, 0.717) is 18.7 Å². The van der Waals surface area contributed by atoms with Crippen molar-refractivity contribution in [3.63, 3.8) is 0 Å². The number of benzene rings is 1. The molecule has 2 unspecified atom stereocenters. The Morgan fingerprint density at radius 3 is 2.85 bits per heavy atom. The minimum atomic E-state index is -0.691. The number of amides is 1. The minimum Gasteiger partial charge on any atom is -0.481 e. The maximum absolute atomic E-state index is 13.0. The number of hydrogen-bond donors (Lipinski definition) is 2. The Labute approximate surface area is 119 Å². The van der Waals surface area contributed by atoms with Gasteiger partial charge in [0.25, 0.3) is 5.91 Å². The Kier molecular flexibility index (Phi) is 7.01. The molecule has 1 aromatic carbocycles. The van der Waals surface area contributed by atoms with Crippen LogP contribution in [0, 0.1) is 11.7 Å². The van der Waals surface area contributed by atoms with Crippen LogP contribution in [0.5, 0.6) is 5.75 Å². The molecule has 0 saturated heterocycles. The number of aliphatic hydroxyl groups excluding tert-OH is 1. The fourth-order valence-corrected chi connectivity index (χ4v) is 1.82. The van der Waals surface area contributed by atoms with Gasteiger partial charge in [0.15, 0.2) is 6.10 Å². The molecule has 112 valence electrons. The highest BCUT2D eigenvalue weighted by Gasteiger charge is 2.16. The lowest BCUT2D eigenvalue weighted by Crippen LogP contribution is -2.39. The van der Waals surface area contributed by atoms with Crippen LogP contribution in [0.1, 0.15) is 26.7 Å². The van der Waals surface area contributed by atoms with Crippen LogP contribution < -0.4 is 10.1 Å². The second-order valence-corrected chi connectivity index (χ2v) is 4.75. The van der Waals surface area contributed by atoms with E-state index in [2.05, 4.69) is 5.32 Å². The number of rotatable bonds is 8. The van der Waals surface area contributed by atoms with Crippen LogP contribution in [-0.4, -0.2) is 30.3 Å². The van der Waals surface area contributed by atoms with E-state index in [-0.39, 0.29) is 18.4 Å². The average molecular weight is 283 g/mol. The molecule has 2 N–H and O–H groups in total. The third-order valence-electron chi connectivity index (χ3n) is 3.16. The van der Waals surface area contributed by atoms with E-state index in [1.54, 1.807) is 13.0 Å². The first-order valence-electron chi connectivity index (χ1n) is 6.87. The Hall–Kier alpha value is -1.62. The van der Waals surface area contributed by atoms with Crippen LogP contribution in [0.3, 0.4) is 0 Å². The van der Waals surface area contributed by atoms with Crippen LogP contribution in [0.2, 0.25) is 0 Å². The van der Waals surface area contributed by atoms with Gasteiger partial charge in [0.1, 0.15) is 11.6 Å². The van der Waals surface area contributed by atoms with E-state index in [0.717, 1.165) is 6.42 Å². The van der Waals surface area contributed by atoms with Crippen molar-refractivity contribution in [3.05, 3.63) is 30.1 Å². The molecule has 0 radical (unpaired) electrons. The smallest absolute Gasteiger partial charge is 0.260 e. The van der Waals surface area contributed by atoms with E-state index < -0.39 is 11.9 Å². The number of carbonyl (C=O) groups is 1. The molecule has 0 fully saturated rings. The highest BCUT2D eigenvalue weighted by molar-refractivity contribution is 5.80. The summed E-state index contributed by atoms with van der Waals surface area (Å²) in [5.74, 6) is -0.0601. The first kappa shape index (κ1) is 16.4. The average Bonchev–Trinajstić information content (AvgIpc) is 2.43. The zero-order chi connectivity index (χ0) is 15.0. The minimum absolute atomic E-state index is 0.115. The molecule has 0 heterocycles. The van der Waals surface area contributed by atoms with Gasteiger partial charge in [-0.3, -0.25) is 4.79 Å². The van der Waals surface area contributed by atoms with Gasteiger partial charge in [-0.05, 0) is 31.4 Å². The maximum Gasteiger partial charge on any atom is 0.260 e. The number of halogens is 1. The summed E-state index contributed by atoms with van der Waals surface area (Å²) in [4.78, 5) is 11.9. The predicted octanol–water partition coefficient (Wildman–Crippen LogP) is 2.12. The molecule has 0 saturated carbocycles. The summed E-state index contributed by atoms with van der Waals surface area (Å²) in [7, 11) is 0. The quantitative estimate of drug-likeness (QED) is 0.768. The molecule has 1 rings (SSSR count). The summed E-state index contributed by atoms with van der Waals surface area (Å²) in [5, 5.41) is 11.7. The van der Waals surface area contributed by atoms with Crippen molar-refractivity contribution in [2.45, 2.75) is 32.8 Å². The van der Waals surface area contributed by atoms with Gasteiger partial charge in [0.2, 0.25) is 0 Å². The number of nitrogens with one attached hydrogen (secondary N) is 1. The monoisotopic (exact) mass is 283 g/mol. The molecule has 2 atom stereocenters. The number of carbonyl (C=O) groups excluding carboxylic acids is 1. The number of hydrogen-bond acceptors (Lipinski definition) is 3. The second kappa shape index (κ2) is 8.53. The fraction of sp³-hybridized carbons (Fsp3) is 0.533. The Bertz CT molecular complexity index is 425.